The highest BCUT2D eigenvalue weighted by Crippen LogP contribution is 2.43. The van der Waals surface area contributed by atoms with Gasteiger partial charge in [-0.3, -0.25) is 4.84 Å². The van der Waals surface area contributed by atoms with Gasteiger partial charge in [0.25, 0.3) is 0 Å². The molecule has 2 unspecified atom stereocenters. The van der Waals surface area contributed by atoms with Crippen molar-refractivity contribution >= 4 is 5.97 Å². The molecule has 2 atom stereocenters. The first-order valence-electron chi connectivity index (χ1n) is 10.6. The summed E-state index contributed by atoms with van der Waals surface area (Å²) in [5, 5.41) is 2.25. The second-order valence-electron chi connectivity index (χ2n) is 9.12. The van der Waals surface area contributed by atoms with Crippen LogP contribution in [0.4, 0.5) is 0 Å². The highest BCUT2D eigenvalue weighted by molar-refractivity contribution is 5.89. The van der Waals surface area contributed by atoms with Gasteiger partial charge in [-0.25, -0.2) is 4.79 Å². The third-order valence-corrected chi connectivity index (χ3v) is 6.29. The largest absolute Gasteiger partial charge is 0.459 e. The zero-order valence-electron chi connectivity index (χ0n) is 17.4. The Morgan fingerprint density at radius 1 is 1.04 bits per heavy atom. The average molecular weight is 374 g/mol. The summed E-state index contributed by atoms with van der Waals surface area (Å²) in [6.45, 7) is 8.88. The summed E-state index contributed by atoms with van der Waals surface area (Å²) in [7, 11) is 0. The molecular weight excluding hydrogens is 338 g/mol. The first kappa shape index (κ1) is 20.3. The molecular formula is C23H35NO3. The lowest BCUT2D eigenvalue weighted by atomic mass is 9.77. The van der Waals surface area contributed by atoms with Gasteiger partial charge in [0.05, 0.1) is 11.7 Å². The normalized spacial score (nSPS) is 29.4. The molecule has 1 aliphatic carbocycles. The Balaban J connectivity index is 1.72. The van der Waals surface area contributed by atoms with Crippen molar-refractivity contribution in [3.63, 3.8) is 0 Å². The zero-order chi connectivity index (χ0) is 19.5. The Morgan fingerprint density at radius 3 is 2.33 bits per heavy atom. The van der Waals surface area contributed by atoms with E-state index >= 15 is 0 Å². The number of rotatable bonds is 5. The fourth-order valence-electron chi connectivity index (χ4n) is 4.77. The van der Waals surface area contributed by atoms with Gasteiger partial charge < -0.3 is 4.74 Å². The average Bonchev–Trinajstić information content (AvgIpc) is 2.66. The summed E-state index contributed by atoms with van der Waals surface area (Å²) >= 11 is 0. The van der Waals surface area contributed by atoms with Crippen LogP contribution in [0, 0.1) is 0 Å². The molecule has 150 valence electrons. The van der Waals surface area contributed by atoms with E-state index in [1.807, 2.05) is 30.3 Å². The van der Waals surface area contributed by atoms with E-state index in [4.69, 9.17) is 9.57 Å². The second-order valence-corrected chi connectivity index (χ2v) is 9.12. The van der Waals surface area contributed by atoms with E-state index in [0.717, 1.165) is 32.1 Å². The molecule has 1 aromatic carbocycles. The Bertz CT molecular complexity index is 624. The molecule has 1 aliphatic heterocycles. The van der Waals surface area contributed by atoms with Crippen LogP contribution in [0.1, 0.15) is 89.4 Å². The van der Waals surface area contributed by atoms with E-state index in [2.05, 4.69) is 32.8 Å². The van der Waals surface area contributed by atoms with Gasteiger partial charge in [0, 0.05) is 23.9 Å². The van der Waals surface area contributed by atoms with Crippen molar-refractivity contribution in [2.24, 2.45) is 0 Å². The molecule has 27 heavy (non-hydrogen) atoms. The van der Waals surface area contributed by atoms with Gasteiger partial charge in [-0.05, 0) is 52.2 Å². The summed E-state index contributed by atoms with van der Waals surface area (Å²) in [5.74, 6) is -0.225. The van der Waals surface area contributed by atoms with Crippen molar-refractivity contribution in [3.8, 4) is 0 Å². The molecule has 0 radical (unpaired) electrons. The number of hydrogen-bond acceptors (Lipinski definition) is 4. The second kappa shape index (κ2) is 8.32. The first-order chi connectivity index (χ1) is 12.8. The van der Waals surface area contributed by atoms with Crippen molar-refractivity contribution < 1.29 is 14.4 Å². The summed E-state index contributed by atoms with van der Waals surface area (Å²) in [4.78, 5) is 19.1. The van der Waals surface area contributed by atoms with Gasteiger partial charge in [-0.2, -0.15) is 5.06 Å². The van der Waals surface area contributed by atoms with Crippen molar-refractivity contribution in [1.82, 2.24) is 5.06 Å². The van der Waals surface area contributed by atoms with Crippen LogP contribution in [0.5, 0.6) is 0 Å². The number of ether oxygens (including phenoxy) is 1. The lowest BCUT2D eigenvalue weighted by molar-refractivity contribution is -0.321. The fourth-order valence-corrected chi connectivity index (χ4v) is 4.77. The van der Waals surface area contributed by atoms with Crippen LogP contribution in [0.3, 0.4) is 0 Å². The van der Waals surface area contributed by atoms with E-state index in [0.29, 0.717) is 11.7 Å². The van der Waals surface area contributed by atoms with Crippen molar-refractivity contribution in [3.05, 3.63) is 35.9 Å². The number of esters is 1. The van der Waals surface area contributed by atoms with Gasteiger partial charge in [0.15, 0.2) is 0 Å². The summed E-state index contributed by atoms with van der Waals surface area (Å²) in [6, 6.07) is 9.28. The third kappa shape index (κ3) is 4.72. The molecule has 0 aromatic heterocycles. The van der Waals surface area contributed by atoms with Crippen LogP contribution in [0.15, 0.2) is 30.3 Å². The van der Waals surface area contributed by atoms with E-state index in [9.17, 15) is 4.79 Å². The molecule has 3 rings (SSSR count). The fraction of sp³-hybridized carbons (Fsp3) is 0.696. The predicted molar refractivity (Wildman–Crippen MR) is 107 cm³/mol. The molecule has 1 heterocycles. The minimum atomic E-state index is -0.225. The number of hydrogen-bond donors (Lipinski definition) is 0. The van der Waals surface area contributed by atoms with E-state index in [-0.39, 0.29) is 23.2 Å². The topological polar surface area (TPSA) is 38.8 Å². The molecule has 1 saturated heterocycles. The summed E-state index contributed by atoms with van der Waals surface area (Å²) in [5.41, 5.74) is 0.303. The van der Waals surface area contributed by atoms with Crippen molar-refractivity contribution in [1.29, 1.82) is 0 Å². The van der Waals surface area contributed by atoms with Gasteiger partial charge >= 0.3 is 5.97 Å². The van der Waals surface area contributed by atoms with E-state index in [1.54, 1.807) is 0 Å². The third-order valence-electron chi connectivity index (χ3n) is 6.29. The zero-order valence-corrected chi connectivity index (χ0v) is 17.4. The maximum atomic E-state index is 12.6. The summed E-state index contributed by atoms with van der Waals surface area (Å²) in [6.07, 6.45) is 8.94. The maximum Gasteiger partial charge on any atom is 0.338 e. The molecule has 2 fully saturated rings. The first-order valence-corrected chi connectivity index (χ1v) is 10.6. The Morgan fingerprint density at radius 2 is 1.70 bits per heavy atom. The van der Waals surface area contributed by atoms with E-state index in [1.165, 1.54) is 19.3 Å². The standard InChI is InChI=1S/C23H35NO3/c1-5-23(4)17-20(26-21(25)18-12-8-6-9-13-18)16-22(2,3)24(23)27-19-14-10-7-11-15-19/h6,8-9,12-13,19-20H,5,7,10-11,14-17H2,1-4H3. The number of nitrogens with zero attached hydrogens (tertiary/aromatic N) is 1. The van der Waals surface area contributed by atoms with Gasteiger partial charge in [-0.1, -0.05) is 44.4 Å². The number of hydroxylamine groups is 2. The SMILES string of the molecule is CCC1(C)CC(OC(=O)c2ccccc2)CC(C)(C)N1OC1CCCCC1. The monoisotopic (exact) mass is 373 g/mol. The highest BCUT2D eigenvalue weighted by atomic mass is 16.7. The Hall–Kier alpha value is -1.39. The molecule has 0 N–H and O–H groups in total. The van der Waals surface area contributed by atoms with Gasteiger partial charge in [0.1, 0.15) is 6.10 Å². The summed E-state index contributed by atoms with van der Waals surface area (Å²) < 4.78 is 5.93. The Labute approximate surface area is 164 Å². The van der Waals surface area contributed by atoms with Crippen LogP contribution in [0.2, 0.25) is 0 Å². The number of piperidine rings is 1. The maximum absolute atomic E-state index is 12.6. The van der Waals surface area contributed by atoms with Crippen LogP contribution in [-0.2, 0) is 9.57 Å². The van der Waals surface area contributed by atoms with Crippen LogP contribution in [-0.4, -0.2) is 34.3 Å². The lowest BCUT2D eigenvalue weighted by Gasteiger charge is -2.55. The van der Waals surface area contributed by atoms with E-state index < -0.39 is 0 Å². The molecule has 0 amide bonds. The number of carbonyl (C=O) groups excluding carboxylic acids is 1. The molecule has 4 heteroatoms. The number of carbonyl (C=O) groups is 1. The predicted octanol–water partition coefficient (Wildman–Crippen LogP) is 5.52. The Kier molecular flexibility index (Phi) is 6.27. The molecule has 1 aromatic rings. The highest BCUT2D eigenvalue weighted by Gasteiger charge is 2.50. The molecule has 2 aliphatic rings. The quantitative estimate of drug-likeness (QED) is 0.637. The number of benzene rings is 1. The minimum Gasteiger partial charge on any atom is -0.459 e. The molecule has 0 spiro atoms. The molecule has 4 nitrogen and oxygen atoms in total. The lowest BCUT2D eigenvalue weighted by Crippen LogP contribution is -2.64. The van der Waals surface area contributed by atoms with Crippen LogP contribution < -0.4 is 0 Å². The molecule has 1 saturated carbocycles. The smallest absolute Gasteiger partial charge is 0.338 e. The van der Waals surface area contributed by atoms with Crippen molar-refractivity contribution in [2.45, 2.75) is 102 Å². The van der Waals surface area contributed by atoms with Crippen molar-refractivity contribution in [2.75, 3.05) is 0 Å². The molecule has 0 bridgehead atoms. The van der Waals surface area contributed by atoms with Crippen LogP contribution >= 0.6 is 0 Å². The van der Waals surface area contributed by atoms with Gasteiger partial charge in [0.2, 0.25) is 0 Å². The minimum absolute atomic E-state index is 0.0936. The van der Waals surface area contributed by atoms with Crippen LogP contribution in [0.25, 0.3) is 0 Å². The van der Waals surface area contributed by atoms with Gasteiger partial charge in [-0.15, -0.1) is 0 Å².